The van der Waals surface area contributed by atoms with Crippen molar-refractivity contribution in [1.82, 2.24) is 15.0 Å². The van der Waals surface area contributed by atoms with E-state index in [4.69, 9.17) is 4.52 Å². The number of halogens is 3. The molecule has 0 bridgehead atoms. The molecular weight excluding hydrogens is 539 g/mol. The smallest absolute Gasteiger partial charge is 0.339 e. The first-order valence-electron chi connectivity index (χ1n) is 13.3. The number of alkyl halides is 3. The molecule has 0 N–H and O–H groups in total. The zero-order chi connectivity index (χ0) is 28.2. The van der Waals surface area contributed by atoms with Crippen LogP contribution in [0.4, 0.5) is 13.2 Å². The highest BCUT2D eigenvalue weighted by molar-refractivity contribution is 7.92. The number of likely N-dealkylation sites (tertiary alicyclic amines) is 1. The van der Waals surface area contributed by atoms with Gasteiger partial charge in [-0.1, -0.05) is 65.8 Å². The van der Waals surface area contributed by atoms with Gasteiger partial charge < -0.3 is 9.42 Å². The van der Waals surface area contributed by atoms with E-state index in [1.165, 1.54) is 23.3 Å². The molecule has 0 unspecified atom stereocenters. The Labute approximate surface area is 231 Å². The van der Waals surface area contributed by atoms with Crippen molar-refractivity contribution in [3.05, 3.63) is 102 Å². The van der Waals surface area contributed by atoms with Crippen LogP contribution in [0.25, 0.3) is 11.4 Å². The summed E-state index contributed by atoms with van der Waals surface area (Å²) in [5.74, 6) is 1.42. The van der Waals surface area contributed by atoms with E-state index in [0.717, 1.165) is 51.0 Å². The summed E-state index contributed by atoms with van der Waals surface area (Å²) >= 11 is 0. The maximum atomic E-state index is 12.8. The van der Waals surface area contributed by atoms with E-state index in [-0.39, 0.29) is 5.82 Å². The minimum Gasteiger partial charge on any atom is -0.339 e. The second-order valence-electron chi connectivity index (χ2n) is 10.1. The van der Waals surface area contributed by atoms with Gasteiger partial charge >= 0.3 is 5.51 Å². The summed E-state index contributed by atoms with van der Waals surface area (Å²) < 4.78 is 66.9. The monoisotopic (exact) mass is 569 g/mol. The third-order valence-corrected chi connectivity index (χ3v) is 9.01. The number of benzene rings is 3. The van der Waals surface area contributed by atoms with Gasteiger partial charge in [-0.2, -0.15) is 18.2 Å². The third kappa shape index (κ3) is 6.45. The molecule has 6 nitrogen and oxygen atoms in total. The van der Waals surface area contributed by atoms with Gasteiger partial charge in [-0.25, -0.2) is 8.42 Å². The molecule has 2 heterocycles. The molecule has 1 saturated heterocycles. The van der Waals surface area contributed by atoms with Crippen LogP contribution in [0.1, 0.15) is 42.2 Å². The summed E-state index contributed by atoms with van der Waals surface area (Å²) in [4.78, 5) is 6.08. The minimum absolute atomic E-state index is 0.219. The molecule has 0 radical (unpaired) electrons. The van der Waals surface area contributed by atoms with Crippen molar-refractivity contribution in [2.45, 2.75) is 42.0 Å². The van der Waals surface area contributed by atoms with Crippen LogP contribution in [0.5, 0.6) is 0 Å². The van der Waals surface area contributed by atoms with Gasteiger partial charge in [-0.3, -0.25) is 0 Å². The van der Waals surface area contributed by atoms with Crippen molar-refractivity contribution >= 4 is 9.84 Å². The van der Waals surface area contributed by atoms with Crippen LogP contribution in [-0.2, 0) is 16.3 Å². The van der Waals surface area contributed by atoms with E-state index < -0.39 is 20.2 Å². The lowest BCUT2D eigenvalue weighted by Crippen LogP contribution is -2.35. The van der Waals surface area contributed by atoms with Crippen molar-refractivity contribution in [2.24, 2.45) is 5.92 Å². The van der Waals surface area contributed by atoms with E-state index in [0.29, 0.717) is 29.7 Å². The Bertz CT molecular complexity index is 1440. The van der Waals surface area contributed by atoms with Crippen LogP contribution in [0.15, 0.2) is 94.3 Å². The van der Waals surface area contributed by atoms with Crippen molar-refractivity contribution in [3.63, 3.8) is 0 Å². The van der Waals surface area contributed by atoms with E-state index >= 15 is 0 Å². The first-order chi connectivity index (χ1) is 19.2. The van der Waals surface area contributed by atoms with Gasteiger partial charge in [0.15, 0.2) is 0 Å². The fourth-order valence-corrected chi connectivity index (χ4v) is 6.00. The molecule has 1 aliphatic rings. The maximum absolute atomic E-state index is 12.8. The first kappa shape index (κ1) is 28.0. The molecule has 210 valence electrons. The fraction of sp³-hybridized carbons (Fsp3) is 0.333. The molecule has 0 aliphatic carbocycles. The summed E-state index contributed by atoms with van der Waals surface area (Å²) in [5.41, 5.74) is -2.31. The summed E-state index contributed by atoms with van der Waals surface area (Å²) in [6.07, 6.45) is 3.67. The molecular formula is C30H30F3N3O3S. The number of sulfone groups is 1. The Morgan fingerprint density at radius 1 is 0.875 bits per heavy atom. The highest BCUT2D eigenvalue weighted by atomic mass is 32.2. The lowest BCUT2D eigenvalue weighted by molar-refractivity contribution is -0.0436. The summed E-state index contributed by atoms with van der Waals surface area (Å²) in [7, 11) is -5.40. The molecule has 5 rings (SSSR count). The van der Waals surface area contributed by atoms with Crippen molar-refractivity contribution in [2.75, 3.05) is 19.6 Å². The quantitative estimate of drug-likeness (QED) is 0.229. The van der Waals surface area contributed by atoms with Crippen LogP contribution in [-0.4, -0.2) is 48.6 Å². The van der Waals surface area contributed by atoms with Crippen LogP contribution >= 0.6 is 0 Å². The number of hydrogen-bond acceptors (Lipinski definition) is 6. The zero-order valence-electron chi connectivity index (χ0n) is 21.8. The van der Waals surface area contributed by atoms with Gasteiger partial charge in [-0.05, 0) is 80.2 Å². The predicted molar refractivity (Wildman–Crippen MR) is 145 cm³/mol. The predicted octanol–water partition coefficient (Wildman–Crippen LogP) is 6.51. The molecule has 1 fully saturated rings. The second kappa shape index (κ2) is 11.9. The first-order valence-corrected chi connectivity index (χ1v) is 14.8. The highest BCUT2D eigenvalue weighted by Gasteiger charge is 2.46. The van der Waals surface area contributed by atoms with Crippen LogP contribution in [0.2, 0.25) is 0 Å². The molecule has 3 aromatic carbocycles. The molecule has 0 saturated carbocycles. The van der Waals surface area contributed by atoms with Crippen molar-refractivity contribution in [3.8, 4) is 11.4 Å². The van der Waals surface area contributed by atoms with Gasteiger partial charge in [0.1, 0.15) is 0 Å². The van der Waals surface area contributed by atoms with Gasteiger partial charge in [-0.15, -0.1) is 0 Å². The Kier molecular flexibility index (Phi) is 8.37. The second-order valence-corrected chi connectivity index (χ2v) is 12.1. The standard InChI is InChI=1S/C30H30F3N3O3S/c31-30(32,33)40(37,38)26-13-11-25(12-14-26)29-34-28(39-35-29)21-22-15-18-36(19-16-22)20-17-27(23-7-3-1-4-8-23)24-9-5-2-6-10-24/h1-14,22,27H,15-21H2. The molecule has 0 atom stereocenters. The maximum Gasteiger partial charge on any atom is 0.501 e. The summed E-state index contributed by atoms with van der Waals surface area (Å²) in [6, 6.07) is 25.6. The van der Waals surface area contributed by atoms with E-state index in [9.17, 15) is 21.6 Å². The van der Waals surface area contributed by atoms with Gasteiger partial charge in [0.05, 0.1) is 4.90 Å². The van der Waals surface area contributed by atoms with E-state index in [1.54, 1.807) is 0 Å². The summed E-state index contributed by atoms with van der Waals surface area (Å²) in [6.45, 7) is 2.97. The number of piperidine rings is 1. The average Bonchev–Trinajstić information content (AvgIpc) is 3.43. The molecule has 40 heavy (non-hydrogen) atoms. The Hall–Kier alpha value is -3.50. The Morgan fingerprint density at radius 3 is 2.00 bits per heavy atom. The fourth-order valence-electron chi connectivity index (χ4n) is 5.24. The molecule has 0 spiro atoms. The van der Waals surface area contributed by atoms with Crippen molar-refractivity contribution < 1.29 is 26.1 Å². The third-order valence-electron chi connectivity index (χ3n) is 7.50. The minimum atomic E-state index is -5.40. The number of rotatable bonds is 9. The molecule has 1 aromatic heterocycles. The number of hydrogen-bond donors (Lipinski definition) is 0. The average molecular weight is 570 g/mol. The lowest BCUT2D eigenvalue weighted by Gasteiger charge is -2.32. The lowest BCUT2D eigenvalue weighted by atomic mass is 9.87. The zero-order valence-corrected chi connectivity index (χ0v) is 22.6. The largest absolute Gasteiger partial charge is 0.501 e. The normalized spacial score (nSPS) is 15.5. The molecule has 4 aromatic rings. The number of nitrogens with zero attached hydrogens (tertiary/aromatic N) is 3. The Balaban J connectivity index is 1.14. The van der Waals surface area contributed by atoms with E-state index in [1.807, 2.05) is 12.1 Å². The van der Waals surface area contributed by atoms with Gasteiger partial charge in [0.2, 0.25) is 11.7 Å². The Morgan fingerprint density at radius 2 is 1.45 bits per heavy atom. The van der Waals surface area contributed by atoms with Crippen LogP contribution in [0, 0.1) is 5.92 Å². The highest BCUT2D eigenvalue weighted by Crippen LogP contribution is 2.32. The van der Waals surface area contributed by atoms with Crippen LogP contribution < -0.4 is 0 Å². The SMILES string of the molecule is O=S(=O)(c1ccc(-c2noc(CC3CCN(CCC(c4ccccc4)c4ccccc4)CC3)n2)cc1)C(F)(F)F. The topological polar surface area (TPSA) is 76.3 Å². The molecule has 10 heteroatoms. The van der Waals surface area contributed by atoms with Gasteiger partial charge in [0.25, 0.3) is 9.84 Å². The van der Waals surface area contributed by atoms with Crippen molar-refractivity contribution in [1.29, 1.82) is 0 Å². The molecule has 0 amide bonds. The number of aromatic nitrogens is 2. The van der Waals surface area contributed by atoms with Crippen LogP contribution in [0.3, 0.4) is 0 Å². The van der Waals surface area contributed by atoms with E-state index in [2.05, 4.69) is 63.6 Å². The molecule has 1 aliphatic heterocycles. The summed E-state index contributed by atoms with van der Waals surface area (Å²) in [5, 5.41) is 3.95. The van der Waals surface area contributed by atoms with Gasteiger partial charge in [0, 0.05) is 17.9 Å².